The maximum atomic E-state index is 11.2. The van der Waals surface area contributed by atoms with Crippen LogP contribution in [0.25, 0.3) is 0 Å². The molecule has 0 aromatic rings. The lowest BCUT2D eigenvalue weighted by atomic mass is 10.0. The van der Waals surface area contributed by atoms with Crippen molar-refractivity contribution in [1.29, 1.82) is 0 Å². The van der Waals surface area contributed by atoms with Gasteiger partial charge in [0.2, 0.25) is 5.70 Å². The smallest absolute Gasteiger partial charge is 0.0441 e. The molecule has 0 fully saturated rings. The van der Waals surface area contributed by atoms with Gasteiger partial charge in [-0.3, -0.25) is 0 Å². The van der Waals surface area contributed by atoms with E-state index in [2.05, 4.69) is 27.7 Å². The first-order valence-electron chi connectivity index (χ1n) is 4.85. The summed E-state index contributed by atoms with van der Waals surface area (Å²) >= 11 is 0. The van der Waals surface area contributed by atoms with Crippen molar-refractivity contribution in [3.05, 3.63) is 38.5 Å². The lowest BCUT2D eigenvalue weighted by Gasteiger charge is -2.01. The minimum Gasteiger partial charge on any atom is -0.0441 e. The predicted octanol–water partition coefficient (Wildman–Crippen LogP) is 3.36. The van der Waals surface area contributed by atoms with Gasteiger partial charge < -0.3 is 0 Å². The molecule has 0 aliphatic heterocycles. The highest BCUT2D eigenvalue weighted by molar-refractivity contribution is 5.61. The van der Waals surface area contributed by atoms with Crippen LogP contribution in [0.5, 0.6) is 0 Å². The van der Waals surface area contributed by atoms with Crippen molar-refractivity contribution in [2.24, 2.45) is 0 Å². The van der Waals surface area contributed by atoms with E-state index in [4.69, 9.17) is 0 Å². The van der Waals surface area contributed by atoms with Crippen molar-refractivity contribution in [2.45, 2.75) is 34.6 Å². The van der Waals surface area contributed by atoms with E-state index in [0.29, 0.717) is 0 Å². The van der Waals surface area contributed by atoms with Crippen LogP contribution in [0.15, 0.2) is 33.6 Å². The van der Waals surface area contributed by atoms with Crippen molar-refractivity contribution in [3.63, 3.8) is 0 Å². The molecule has 0 spiro atoms. The number of rotatable bonds is 1. The van der Waals surface area contributed by atoms with Gasteiger partial charge in [0, 0.05) is 16.6 Å². The summed E-state index contributed by atoms with van der Waals surface area (Å²) in [6.45, 7) is 10.3. The third kappa shape index (κ3) is 1.45. The molecule has 0 bridgehead atoms. The molecule has 0 saturated heterocycles. The molecule has 1 aliphatic carbocycles. The van der Waals surface area contributed by atoms with Gasteiger partial charge in [0.25, 0.3) is 0 Å². The molecule has 0 amide bonds. The van der Waals surface area contributed by atoms with Crippen LogP contribution in [0.2, 0.25) is 0 Å². The molecule has 0 atom stereocenters. The molecule has 1 rings (SSSR count). The van der Waals surface area contributed by atoms with Gasteiger partial charge in [-0.15, -0.1) is 0 Å². The van der Waals surface area contributed by atoms with Gasteiger partial charge in [-0.05, 0) is 50.0 Å². The molecular weight excluding hydrogens is 174 g/mol. The van der Waals surface area contributed by atoms with E-state index in [1.54, 1.807) is 7.05 Å². The molecule has 0 unspecified atom stereocenters. The second-order valence-electron chi connectivity index (χ2n) is 3.96. The monoisotopic (exact) mass is 192 g/mol. The normalized spacial score (nSPS) is 16.9. The molecule has 0 heterocycles. The summed E-state index contributed by atoms with van der Waals surface area (Å²) in [5.41, 5.74) is 7.01. The van der Waals surface area contributed by atoms with E-state index < -0.39 is 0 Å². The Labute approximate surface area is 85.6 Å². The Bertz CT molecular complexity index is 369. The van der Waals surface area contributed by atoms with E-state index >= 15 is 0 Å². The Morgan fingerprint density at radius 1 is 0.929 bits per heavy atom. The second kappa shape index (κ2) is 3.52. The van der Waals surface area contributed by atoms with Crippen LogP contribution in [0.1, 0.15) is 34.6 Å². The summed E-state index contributed by atoms with van der Waals surface area (Å²) in [5, 5.41) is 0. The Morgan fingerprint density at radius 3 is 1.57 bits per heavy atom. The molecule has 0 radical (unpaired) electrons. The van der Waals surface area contributed by atoms with E-state index in [0.717, 1.165) is 16.0 Å². The maximum Gasteiger partial charge on any atom is 0.237 e. The number of nitroso groups, excluding NO2 is 1. The molecule has 0 aromatic heterocycles. The topological polar surface area (TPSA) is 20.1 Å². The average Bonchev–Trinajstić information content (AvgIpc) is 2.30. The first-order chi connectivity index (χ1) is 6.37. The predicted molar refractivity (Wildman–Crippen MR) is 59.0 cm³/mol. The van der Waals surface area contributed by atoms with Crippen molar-refractivity contribution < 1.29 is 4.76 Å². The van der Waals surface area contributed by atoms with Gasteiger partial charge in [-0.2, -0.15) is 0 Å². The Morgan fingerprint density at radius 2 is 1.29 bits per heavy atom. The Kier molecular flexibility index (Phi) is 2.74. The number of hydrogen-bond donors (Lipinski definition) is 0. The second-order valence-corrected chi connectivity index (χ2v) is 3.96. The van der Waals surface area contributed by atoms with Crippen LogP contribution in [0.4, 0.5) is 0 Å². The third-order valence-electron chi connectivity index (χ3n) is 3.27. The van der Waals surface area contributed by atoms with Crippen molar-refractivity contribution in [2.75, 3.05) is 7.05 Å². The highest BCUT2D eigenvalue weighted by Crippen LogP contribution is 2.37. The van der Waals surface area contributed by atoms with Crippen LogP contribution in [-0.4, -0.2) is 11.8 Å². The highest BCUT2D eigenvalue weighted by Gasteiger charge is 2.25. The fourth-order valence-corrected chi connectivity index (χ4v) is 1.92. The number of nitrogens with zero attached hydrogens (tertiary/aromatic N) is 1. The lowest BCUT2D eigenvalue weighted by Crippen LogP contribution is -2.02. The van der Waals surface area contributed by atoms with Crippen LogP contribution >= 0.6 is 0 Å². The third-order valence-corrected chi connectivity index (χ3v) is 3.27. The molecule has 2 nitrogen and oxygen atoms in total. The van der Waals surface area contributed by atoms with Gasteiger partial charge in [-0.1, -0.05) is 0 Å². The van der Waals surface area contributed by atoms with Crippen LogP contribution in [0, 0.1) is 4.91 Å². The minimum absolute atomic E-state index is 0.802. The molecule has 0 N–H and O–H groups in total. The minimum atomic E-state index is 0.802. The van der Waals surface area contributed by atoms with E-state index in [-0.39, 0.29) is 0 Å². The SMILES string of the molecule is CC1=C(C)C(=C(C)[N+](C)=O)C(C)=C1C. The summed E-state index contributed by atoms with van der Waals surface area (Å²) in [7, 11) is 1.55. The summed E-state index contributed by atoms with van der Waals surface area (Å²) in [6.07, 6.45) is 0. The summed E-state index contributed by atoms with van der Waals surface area (Å²) in [5.74, 6) is 0. The van der Waals surface area contributed by atoms with Gasteiger partial charge in [0.15, 0.2) is 7.05 Å². The van der Waals surface area contributed by atoms with Crippen LogP contribution in [0.3, 0.4) is 0 Å². The first-order valence-corrected chi connectivity index (χ1v) is 4.85. The van der Waals surface area contributed by atoms with E-state index in [1.165, 1.54) is 22.3 Å². The molecule has 76 valence electrons. The molecule has 1 aliphatic rings. The van der Waals surface area contributed by atoms with Crippen LogP contribution in [-0.2, 0) is 0 Å². The quantitative estimate of drug-likeness (QED) is 0.583. The van der Waals surface area contributed by atoms with E-state index in [1.807, 2.05) is 6.92 Å². The Hall–Kier alpha value is -1.18. The largest absolute Gasteiger partial charge is 0.237 e. The van der Waals surface area contributed by atoms with Crippen LogP contribution < -0.4 is 0 Å². The standard InChI is InChI=1S/C12H18NO/c1-7-8(2)10(4)12(9(7)3)11(5)13(6)14/h1-6H3/q+1. The molecule has 14 heavy (non-hydrogen) atoms. The van der Waals surface area contributed by atoms with Crippen molar-refractivity contribution in [3.8, 4) is 0 Å². The lowest BCUT2D eigenvalue weighted by molar-refractivity contribution is -0.466. The van der Waals surface area contributed by atoms with Gasteiger partial charge in [0.05, 0.1) is 5.57 Å². The molecule has 2 heteroatoms. The summed E-state index contributed by atoms with van der Waals surface area (Å²) in [6, 6.07) is 0. The van der Waals surface area contributed by atoms with Crippen molar-refractivity contribution in [1.82, 2.24) is 0 Å². The zero-order chi connectivity index (χ0) is 11.0. The maximum absolute atomic E-state index is 11.2. The van der Waals surface area contributed by atoms with Gasteiger partial charge >= 0.3 is 0 Å². The molecular formula is C12H18NO+. The zero-order valence-corrected chi connectivity index (χ0v) is 9.86. The van der Waals surface area contributed by atoms with E-state index in [9.17, 15) is 4.91 Å². The first kappa shape index (κ1) is 10.9. The Balaban J connectivity index is 3.43. The molecule has 0 aromatic carbocycles. The zero-order valence-electron chi connectivity index (χ0n) is 9.86. The highest BCUT2D eigenvalue weighted by atomic mass is 16.3. The fourth-order valence-electron chi connectivity index (χ4n) is 1.92. The number of hydrogen-bond acceptors (Lipinski definition) is 1. The average molecular weight is 192 g/mol. The summed E-state index contributed by atoms with van der Waals surface area (Å²) < 4.78 is 0.939. The van der Waals surface area contributed by atoms with Crippen molar-refractivity contribution >= 4 is 0 Å². The number of allylic oxidation sites excluding steroid dienone is 6. The molecule has 0 saturated carbocycles. The van der Waals surface area contributed by atoms with Gasteiger partial charge in [0.1, 0.15) is 0 Å². The van der Waals surface area contributed by atoms with Gasteiger partial charge in [-0.25, -0.2) is 0 Å². The summed E-state index contributed by atoms with van der Waals surface area (Å²) in [4.78, 5) is 11.2. The fraction of sp³-hybridized carbons (Fsp3) is 0.500.